The lowest BCUT2D eigenvalue weighted by Gasteiger charge is -2.18. The molecule has 1 amide bonds. The first kappa shape index (κ1) is 15.1. The summed E-state index contributed by atoms with van der Waals surface area (Å²) in [7, 11) is 2.71. The average Bonchev–Trinajstić information content (AvgIpc) is 2.77. The number of rotatable bonds is 3. The third kappa shape index (κ3) is 3.07. The number of hydrogen-bond donors (Lipinski definition) is 1. The molecule has 1 aromatic rings. The minimum atomic E-state index is -0.462. The van der Waals surface area contributed by atoms with E-state index in [9.17, 15) is 9.59 Å². The van der Waals surface area contributed by atoms with E-state index >= 15 is 0 Å². The van der Waals surface area contributed by atoms with Crippen molar-refractivity contribution in [3.63, 3.8) is 0 Å². The quantitative estimate of drug-likeness (QED) is 0.869. The van der Waals surface area contributed by atoms with Gasteiger partial charge in [0.05, 0.1) is 26.7 Å². The van der Waals surface area contributed by atoms with Crippen molar-refractivity contribution < 1.29 is 19.1 Å². The Morgan fingerprint density at radius 2 is 1.95 bits per heavy atom. The van der Waals surface area contributed by atoms with Gasteiger partial charge in [0.25, 0.3) is 0 Å². The van der Waals surface area contributed by atoms with Gasteiger partial charge in [-0.05, 0) is 16.7 Å². The molecule has 0 heterocycles. The van der Waals surface area contributed by atoms with E-state index in [-0.39, 0.29) is 24.3 Å². The zero-order valence-electron chi connectivity index (χ0n) is 12.4. The molecule has 0 saturated heterocycles. The van der Waals surface area contributed by atoms with Crippen molar-refractivity contribution in [2.24, 2.45) is 5.92 Å². The van der Waals surface area contributed by atoms with Crippen LogP contribution in [0.15, 0.2) is 30.3 Å². The molecule has 112 valence electrons. The van der Waals surface area contributed by atoms with Gasteiger partial charge >= 0.3 is 12.1 Å². The van der Waals surface area contributed by atoms with Crippen molar-refractivity contribution in [2.45, 2.75) is 19.4 Å². The lowest BCUT2D eigenvalue weighted by Crippen LogP contribution is -2.30. The number of benzene rings is 1. The molecule has 1 aromatic carbocycles. The lowest BCUT2D eigenvalue weighted by atomic mass is 9.98. The van der Waals surface area contributed by atoms with Crippen molar-refractivity contribution in [3.05, 3.63) is 41.5 Å². The van der Waals surface area contributed by atoms with E-state index in [0.29, 0.717) is 0 Å². The lowest BCUT2D eigenvalue weighted by molar-refractivity contribution is -0.139. The number of carbonyl (C=O) groups excluding carboxylic acids is 2. The van der Waals surface area contributed by atoms with Crippen LogP contribution >= 0.6 is 0 Å². The number of hydrogen-bond acceptors (Lipinski definition) is 4. The number of nitrogens with one attached hydrogen (secondary N) is 1. The minimum absolute atomic E-state index is 0.0613. The molecule has 0 bridgehead atoms. The molecule has 1 aliphatic carbocycles. The average molecular weight is 289 g/mol. The van der Waals surface area contributed by atoms with Gasteiger partial charge in [0.15, 0.2) is 0 Å². The van der Waals surface area contributed by atoms with Crippen LogP contribution in [0, 0.1) is 5.92 Å². The van der Waals surface area contributed by atoms with E-state index in [0.717, 1.165) is 16.7 Å². The second-order valence-electron chi connectivity index (χ2n) is 4.93. The summed E-state index contributed by atoms with van der Waals surface area (Å²) in [5.41, 5.74) is 3.12. The highest BCUT2D eigenvalue weighted by atomic mass is 16.5. The maximum Gasteiger partial charge on any atom is 0.407 e. The number of fused-ring (bicyclic) bond motifs is 1. The molecule has 0 unspecified atom stereocenters. The molecule has 0 radical (unpaired) electrons. The van der Waals surface area contributed by atoms with E-state index < -0.39 is 6.09 Å². The van der Waals surface area contributed by atoms with Gasteiger partial charge < -0.3 is 14.8 Å². The summed E-state index contributed by atoms with van der Waals surface area (Å²) < 4.78 is 9.35. The van der Waals surface area contributed by atoms with Crippen LogP contribution < -0.4 is 5.32 Å². The summed E-state index contributed by atoms with van der Waals surface area (Å²) in [4.78, 5) is 22.9. The molecule has 5 nitrogen and oxygen atoms in total. The second-order valence-corrected chi connectivity index (χ2v) is 4.93. The number of ether oxygens (including phenoxy) is 2. The van der Waals surface area contributed by atoms with Crippen molar-refractivity contribution in [1.29, 1.82) is 0 Å². The van der Waals surface area contributed by atoms with E-state index in [4.69, 9.17) is 0 Å². The van der Waals surface area contributed by atoms with E-state index in [2.05, 4.69) is 14.8 Å². The Labute approximate surface area is 123 Å². The summed E-state index contributed by atoms with van der Waals surface area (Å²) in [6.07, 6.45) is 1.62. The Balaban J connectivity index is 2.32. The maximum absolute atomic E-state index is 11.5. The first-order valence-corrected chi connectivity index (χ1v) is 6.79. The molecule has 0 fully saturated rings. The van der Waals surface area contributed by atoms with Crippen LogP contribution in [-0.2, 0) is 14.3 Å². The van der Waals surface area contributed by atoms with E-state index in [1.807, 2.05) is 37.3 Å². The van der Waals surface area contributed by atoms with Gasteiger partial charge in [-0.15, -0.1) is 0 Å². The summed E-state index contributed by atoms with van der Waals surface area (Å²) in [5.74, 6) is -0.220. The highest BCUT2D eigenvalue weighted by molar-refractivity contribution is 5.81. The molecule has 0 aliphatic heterocycles. The third-order valence-corrected chi connectivity index (χ3v) is 3.77. The van der Waals surface area contributed by atoms with Crippen LogP contribution in [0.2, 0.25) is 0 Å². The number of esters is 1. The zero-order valence-corrected chi connectivity index (χ0v) is 12.4. The van der Waals surface area contributed by atoms with Gasteiger partial charge in [0.1, 0.15) is 0 Å². The minimum Gasteiger partial charge on any atom is -0.469 e. The Morgan fingerprint density at radius 1 is 1.24 bits per heavy atom. The molecule has 21 heavy (non-hydrogen) atoms. The van der Waals surface area contributed by atoms with Crippen LogP contribution in [-0.4, -0.2) is 26.3 Å². The summed E-state index contributed by atoms with van der Waals surface area (Å²) in [6, 6.07) is 7.69. The van der Waals surface area contributed by atoms with Gasteiger partial charge in [-0.2, -0.15) is 0 Å². The number of amides is 1. The summed E-state index contributed by atoms with van der Waals surface area (Å²) in [6.45, 7) is 2.02. The van der Waals surface area contributed by atoms with Crippen LogP contribution in [0.4, 0.5) is 4.79 Å². The van der Waals surface area contributed by atoms with E-state index in [1.165, 1.54) is 14.2 Å². The fraction of sp³-hybridized carbons (Fsp3) is 0.375. The Bertz CT molecular complexity index is 579. The topological polar surface area (TPSA) is 64.6 Å². The van der Waals surface area contributed by atoms with E-state index in [1.54, 1.807) is 0 Å². The summed E-state index contributed by atoms with van der Waals surface area (Å²) in [5, 5.41) is 2.85. The highest BCUT2D eigenvalue weighted by Crippen LogP contribution is 2.44. The molecule has 5 heteroatoms. The van der Waals surface area contributed by atoms with Gasteiger partial charge in [-0.3, -0.25) is 4.79 Å². The molecule has 2 rings (SSSR count). The second kappa shape index (κ2) is 6.43. The molecular weight excluding hydrogens is 270 g/mol. The van der Waals surface area contributed by atoms with Crippen LogP contribution in [0.3, 0.4) is 0 Å². The number of alkyl carbamates (subject to hydrolysis) is 1. The molecule has 0 aromatic heterocycles. The molecule has 1 N–H and O–H groups in total. The normalized spacial score (nSPS) is 21.8. The molecule has 0 spiro atoms. The molecule has 2 atom stereocenters. The van der Waals surface area contributed by atoms with Gasteiger partial charge in [0, 0.05) is 5.92 Å². The van der Waals surface area contributed by atoms with Gasteiger partial charge in [-0.25, -0.2) is 4.79 Å². The Hall–Kier alpha value is -2.30. The fourth-order valence-corrected chi connectivity index (χ4v) is 2.69. The molecular formula is C16H19NO4. The van der Waals surface area contributed by atoms with Gasteiger partial charge in [0.2, 0.25) is 0 Å². The van der Waals surface area contributed by atoms with Gasteiger partial charge in [-0.1, -0.05) is 37.3 Å². The monoisotopic (exact) mass is 289 g/mol. The smallest absolute Gasteiger partial charge is 0.407 e. The van der Waals surface area contributed by atoms with Crippen molar-refractivity contribution in [2.75, 3.05) is 14.2 Å². The molecule has 0 saturated carbocycles. The first-order valence-electron chi connectivity index (χ1n) is 6.79. The molecule has 1 aliphatic rings. The summed E-state index contributed by atoms with van der Waals surface area (Å²) >= 11 is 0. The maximum atomic E-state index is 11.5. The van der Waals surface area contributed by atoms with Crippen molar-refractivity contribution >= 4 is 17.6 Å². The standard InChI is InChI=1S/C16H19NO4/c1-10-11(8-9-14(18)20-2)12-6-4-5-7-13(12)15(10)17-16(19)21-3/h4-8,10,15H,9H2,1-3H3,(H,17,19)/b11-8-/t10-,15+/m1/s1. The predicted molar refractivity (Wildman–Crippen MR) is 78.5 cm³/mol. The fourth-order valence-electron chi connectivity index (χ4n) is 2.69. The Kier molecular flexibility index (Phi) is 4.62. The SMILES string of the molecule is COC(=O)C/C=C1\c2ccccc2[C@@H](NC(=O)OC)[C@@H]1C. The number of carbonyl (C=O) groups is 2. The Morgan fingerprint density at radius 3 is 2.62 bits per heavy atom. The number of methoxy groups -OCH3 is 2. The first-order chi connectivity index (χ1) is 10.1. The largest absolute Gasteiger partial charge is 0.469 e. The highest BCUT2D eigenvalue weighted by Gasteiger charge is 2.34. The third-order valence-electron chi connectivity index (χ3n) is 3.77. The van der Waals surface area contributed by atoms with Crippen LogP contribution in [0.1, 0.15) is 30.5 Å². The van der Waals surface area contributed by atoms with Crippen LogP contribution in [0.25, 0.3) is 5.57 Å². The van der Waals surface area contributed by atoms with Crippen molar-refractivity contribution in [1.82, 2.24) is 5.32 Å². The predicted octanol–water partition coefficient (Wildman–Crippen LogP) is 2.68. The van der Waals surface area contributed by atoms with Crippen LogP contribution in [0.5, 0.6) is 0 Å². The zero-order chi connectivity index (χ0) is 15.4. The van der Waals surface area contributed by atoms with Crippen molar-refractivity contribution in [3.8, 4) is 0 Å².